The van der Waals surface area contributed by atoms with Gasteiger partial charge in [-0.1, -0.05) is 32.4 Å². The van der Waals surface area contributed by atoms with Crippen molar-refractivity contribution in [2.75, 3.05) is 31.1 Å². The molecule has 0 aliphatic carbocycles. The van der Waals surface area contributed by atoms with Gasteiger partial charge < -0.3 is 9.80 Å². The molecule has 0 radical (unpaired) electrons. The molecule has 0 N–H and O–H groups in total. The highest BCUT2D eigenvalue weighted by atomic mass is 35.5. The van der Waals surface area contributed by atoms with E-state index >= 15 is 0 Å². The van der Waals surface area contributed by atoms with Crippen LogP contribution in [-0.4, -0.2) is 46.8 Å². The molecule has 1 saturated heterocycles. The molecule has 0 bridgehead atoms. The second kappa shape index (κ2) is 8.09. The summed E-state index contributed by atoms with van der Waals surface area (Å²) in [4.78, 5) is 16.4. The van der Waals surface area contributed by atoms with Crippen LogP contribution in [0.5, 0.6) is 0 Å². The molecule has 30 heavy (non-hydrogen) atoms. The molecule has 1 aliphatic heterocycles. The Balaban J connectivity index is 1.73. The maximum Gasteiger partial charge on any atom is 0.436 e. The number of anilines is 1. The van der Waals surface area contributed by atoms with E-state index in [2.05, 4.69) is 5.10 Å². The summed E-state index contributed by atoms with van der Waals surface area (Å²) in [5, 5.41) is 3.15. The Morgan fingerprint density at radius 1 is 1.07 bits per heavy atom. The van der Waals surface area contributed by atoms with Crippen molar-refractivity contribution in [3.05, 3.63) is 46.5 Å². The number of benzene rings is 1. The summed E-state index contributed by atoms with van der Waals surface area (Å²) in [6, 6.07) is 6.10. The van der Waals surface area contributed by atoms with Gasteiger partial charge in [0.1, 0.15) is 12.4 Å². The zero-order chi connectivity index (χ0) is 22.3. The van der Waals surface area contributed by atoms with E-state index in [9.17, 15) is 22.4 Å². The number of piperazine rings is 1. The first-order valence-electron chi connectivity index (χ1n) is 9.50. The average Bonchev–Trinajstić information content (AvgIpc) is 2.99. The molecule has 1 amide bonds. The molecule has 2 aromatic rings. The first kappa shape index (κ1) is 22.4. The highest BCUT2D eigenvalue weighted by molar-refractivity contribution is 6.32. The van der Waals surface area contributed by atoms with Crippen molar-refractivity contribution in [3.8, 4) is 0 Å². The summed E-state index contributed by atoms with van der Waals surface area (Å²) < 4.78 is 54.0. The van der Waals surface area contributed by atoms with Gasteiger partial charge in [-0.15, -0.1) is 0 Å². The van der Waals surface area contributed by atoms with Gasteiger partial charge in [0, 0.05) is 37.3 Å². The molecule has 1 aliphatic rings. The summed E-state index contributed by atoms with van der Waals surface area (Å²) in [7, 11) is 0. The predicted octanol–water partition coefficient (Wildman–Crippen LogP) is 4.34. The fourth-order valence-corrected chi connectivity index (χ4v) is 4.07. The van der Waals surface area contributed by atoms with E-state index in [1.54, 1.807) is 37.8 Å². The van der Waals surface area contributed by atoms with Crippen LogP contribution in [0.4, 0.5) is 23.2 Å². The fourth-order valence-electron chi connectivity index (χ4n) is 3.55. The number of carbonyl (C=O) groups excluding carboxylic acids is 1. The van der Waals surface area contributed by atoms with Crippen LogP contribution < -0.4 is 4.90 Å². The zero-order valence-corrected chi connectivity index (χ0v) is 17.7. The van der Waals surface area contributed by atoms with Gasteiger partial charge in [-0.05, 0) is 24.3 Å². The topological polar surface area (TPSA) is 41.4 Å². The molecular formula is C20H23ClF4N4O. The monoisotopic (exact) mass is 446 g/mol. The molecule has 0 atom stereocenters. The van der Waals surface area contributed by atoms with Gasteiger partial charge in [-0.3, -0.25) is 9.48 Å². The number of carbonyl (C=O) groups is 1. The zero-order valence-electron chi connectivity index (χ0n) is 16.9. The maximum absolute atomic E-state index is 13.3. The van der Waals surface area contributed by atoms with Gasteiger partial charge in [0.2, 0.25) is 5.91 Å². The van der Waals surface area contributed by atoms with E-state index in [-0.39, 0.29) is 24.0 Å². The maximum atomic E-state index is 13.3. The standard InChI is InChI=1S/C20H23ClF4N4O/c1-19(2,3)18-16(21)17(20(23,24)25)26-29(18)12-15(30)28-10-8-27(9-11-28)14-6-4-13(22)5-7-14/h4-7H,8-12H2,1-3H3. The SMILES string of the molecule is CC(C)(C)c1c(Cl)c(C(F)(F)F)nn1CC(=O)N1CCN(c2ccc(F)cc2)CC1. The van der Waals surface area contributed by atoms with Crippen molar-refractivity contribution < 1.29 is 22.4 Å². The van der Waals surface area contributed by atoms with Crippen molar-refractivity contribution in [2.24, 2.45) is 0 Å². The number of alkyl halides is 3. The molecule has 3 rings (SSSR count). The third-order valence-corrected chi connectivity index (χ3v) is 5.34. The quantitative estimate of drug-likeness (QED) is 0.659. The minimum atomic E-state index is -4.70. The van der Waals surface area contributed by atoms with Crippen molar-refractivity contribution in [2.45, 2.75) is 38.9 Å². The second-order valence-corrected chi connectivity index (χ2v) is 8.64. The van der Waals surface area contributed by atoms with Crippen LogP contribution in [0.15, 0.2) is 24.3 Å². The molecular weight excluding hydrogens is 424 g/mol. The molecule has 1 aromatic heterocycles. The minimum absolute atomic E-state index is 0.176. The van der Waals surface area contributed by atoms with Gasteiger partial charge in [0.25, 0.3) is 0 Å². The summed E-state index contributed by atoms with van der Waals surface area (Å²) in [6.45, 7) is 6.73. The Morgan fingerprint density at radius 2 is 1.63 bits per heavy atom. The minimum Gasteiger partial charge on any atom is -0.368 e. The lowest BCUT2D eigenvalue weighted by Gasteiger charge is -2.36. The summed E-state index contributed by atoms with van der Waals surface area (Å²) in [6.07, 6.45) is -4.70. The highest BCUT2D eigenvalue weighted by Gasteiger charge is 2.41. The summed E-state index contributed by atoms with van der Waals surface area (Å²) in [5.41, 5.74) is -0.875. The Hall–Kier alpha value is -2.29. The van der Waals surface area contributed by atoms with Crippen molar-refractivity contribution in [3.63, 3.8) is 0 Å². The lowest BCUT2D eigenvalue weighted by Crippen LogP contribution is -2.49. The third-order valence-electron chi connectivity index (χ3n) is 4.98. The van der Waals surface area contributed by atoms with Gasteiger partial charge >= 0.3 is 6.18 Å². The van der Waals surface area contributed by atoms with Crippen molar-refractivity contribution >= 4 is 23.2 Å². The van der Waals surface area contributed by atoms with Crippen LogP contribution in [0.2, 0.25) is 5.02 Å². The molecule has 5 nitrogen and oxygen atoms in total. The van der Waals surface area contributed by atoms with Crippen LogP contribution in [0.1, 0.15) is 32.2 Å². The molecule has 0 spiro atoms. The summed E-state index contributed by atoms with van der Waals surface area (Å²) in [5.74, 6) is -0.648. The number of halogens is 5. The van der Waals surface area contributed by atoms with E-state index in [1.165, 1.54) is 12.1 Å². The van der Waals surface area contributed by atoms with E-state index in [0.717, 1.165) is 10.4 Å². The first-order valence-corrected chi connectivity index (χ1v) is 9.88. The van der Waals surface area contributed by atoms with Crippen LogP contribution >= 0.6 is 11.6 Å². The van der Waals surface area contributed by atoms with Crippen LogP contribution in [0.3, 0.4) is 0 Å². The number of rotatable bonds is 3. The van der Waals surface area contributed by atoms with Gasteiger partial charge in [0.05, 0.1) is 10.7 Å². The molecule has 164 valence electrons. The number of nitrogens with zero attached hydrogens (tertiary/aromatic N) is 4. The Bertz CT molecular complexity index is 911. The van der Waals surface area contributed by atoms with Crippen LogP contribution in [-0.2, 0) is 22.9 Å². The number of hydrogen-bond acceptors (Lipinski definition) is 3. The van der Waals surface area contributed by atoms with E-state index in [4.69, 9.17) is 11.6 Å². The number of amides is 1. The normalized spacial score (nSPS) is 15.6. The van der Waals surface area contributed by atoms with Crippen LogP contribution in [0.25, 0.3) is 0 Å². The average molecular weight is 447 g/mol. The van der Waals surface area contributed by atoms with Crippen LogP contribution in [0, 0.1) is 5.82 Å². The molecule has 0 unspecified atom stereocenters. The number of hydrogen-bond donors (Lipinski definition) is 0. The Labute approximate surface area is 177 Å². The Kier molecular flexibility index (Phi) is 6.04. The molecule has 1 fully saturated rings. The lowest BCUT2D eigenvalue weighted by molar-refractivity contribution is -0.142. The van der Waals surface area contributed by atoms with Crippen molar-refractivity contribution in [1.29, 1.82) is 0 Å². The number of aromatic nitrogens is 2. The van der Waals surface area contributed by atoms with Gasteiger partial charge in [-0.25, -0.2) is 4.39 Å². The van der Waals surface area contributed by atoms with Gasteiger partial charge in [0.15, 0.2) is 5.69 Å². The van der Waals surface area contributed by atoms with E-state index in [0.29, 0.717) is 26.2 Å². The van der Waals surface area contributed by atoms with Gasteiger partial charge in [-0.2, -0.15) is 18.3 Å². The second-order valence-electron chi connectivity index (χ2n) is 8.26. The lowest BCUT2D eigenvalue weighted by atomic mass is 9.91. The summed E-state index contributed by atoms with van der Waals surface area (Å²) >= 11 is 6.00. The highest BCUT2D eigenvalue weighted by Crippen LogP contribution is 2.39. The fraction of sp³-hybridized carbons (Fsp3) is 0.500. The largest absolute Gasteiger partial charge is 0.436 e. The molecule has 2 heterocycles. The third kappa shape index (κ3) is 4.71. The van der Waals surface area contributed by atoms with E-state index in [1.807, 2.05) is 4.90 Å². The first-order chi connectivity index (χ1) is 13.9. The predicted molar refractivity (Wildman–Crippen MR) is 106 cm³/mol. The van der Waals surface area contributed by atoms with Crippen molar-refractivity contribution in [1.82, 2.24) is 14.7 Å². The molecule has 1 aromatic carbocycles. The smallest absolute Gasteiger partial charge is 0.368 e. The Morgan fingerprint density at radius 3 is 2.13 bits per heavy atom. The molecule has 0 saturated carbocycles. The molecule has 10 heteroatoms. The van der Waals surface area contributed by atoms with E-state index < -0.39 is 22.3 Å².